The molecule has 6 heteroatoms. The number of rotatable bonds is 5. The maximum atomic E-state index is 11.5. The Bertz CT molecular complexity index is 385. The summed E-state index contributed by atoms with van der Waals surface area (Å²) >= 11 is 5.77. The van der Waals surface area contributed by atoms with Gasteiger partial charge in [0.25, 0.3) is 0 Å². The zero-order valence-corrected chi connectivity index (χ0v) is 14.5. The molecule has 6 N–H and O–H groups in total. The van der Waals surface area contributed by atoms with Gasteiger partial charge in [0, 0.05) is 5.02 Å². The fourth-order valence-corrected chi connectivity index (χ4v) is 1.75. The normalized spacial score (nSPS) is 11.6. The quantitative estimate of drug-likeness (QED) is 0.567. The Hall–Kier alpha value is -1.14. The minimum Gasteiger partial charge on any atom is -0.462 e. The second kappa shape index (κ2) is 16.2. The first kappa shape index (κ1) is 23.1. The lowest BCUT2D eigenvalue weighted by molar-refractivity contribution is 0.0496. The third-order valence-electron chi connectivity index (χ3n) is 2.67. The maximum absolute atomic E-state index is 11.5. The Morgan fingerprint density at radius 1 is 1.27 bits per heavy atom. The van der Waals surface area contributed by atoms with Crippen molar-refractivity contribution in [3.05, 3.63) is 34.9 Å². The van der Waals surface area contributed by atoms with Crippen LogP contribution in [-0.2, 0) is 4.74 Å². The van der Waals surface area contributed by atoms with E-state index in [2.05, 4.69) is 23.3 Å². The van der Waals surface area contributed by atoms with Gasteiger partial charge in [0.15, 0.2) is 0 Å². The van der Waals surface area contributed by atoms with Crippen LogP contribution in [0.3, 0.4) is 0 Å². The van der Waals surface area contributed by atoms with E-state index in [1.54, 1.807) is 18.2 Å². The lowest BCUT2D eigenvalue weighted by Crippen LogP contribution is -2.06. The fraction of sp³-hybridized carbons (Fsp3) is 0.562. The number of hydrogen-bond acceptors (Lipinski definition) is 5. The molecule has 0 unspecified atom stereocenters. The zero-order valence-electron chi connectivity index (χ0n) is 13.8. The molecule has 0 aromatic heterocycles. The number of nitrogens with two attached hydrogens (primary N) is 3. The molecule has 1 fully saturated rings. The van der Waals surface area contributed by atoms with Crippen molar-refractivity contribution in [3.63, 3.8) is 0 Å². The molecule has 0 bridgehead atoms. The summed E-state index contributed by atoms with van der Waals surface area (Å²) in [6, 6.07) is 7.70. The maximum Gasteiger partial charge on any atom is 0.338 e. The van der Waals surface area contributed by atoms with Gasteiger partial charge in [-0.1, -0.05) is 30.5 Å². The highest BCUT2D eigenvalue weighted by Crippen LogP contribution is 2.33. The number of hydrogen-bond donors (Lipinski definition) is 3. The average Bonchev–Trinajstić information content (AvgIpc) is 3.41. The van der Waals surface area contributed by atoms with Gasteiger partial charge in [0.05, 0.1) is 12.2 Å². The molecule has 0 spiro atoms. The van der Waals surface area contributed by atoms with E-state index < -0.39 is 0 Å². The first-order valence-electron chi connectivity index (χ1n) is 7.33. The van der Waals surface area contributed by atoms with Crippen molar-refractivity contribution in [2.24, 2.45) is 23.1 Å². The number of esters is 1. The van der Waals surface area contributed by atoms with Crippen molar-refractivity contribution in [2.45, 2.75) is 25.7 Å². The van der Waals surface area contributed by atoms with Crippen molar-refractivity contribution < 1.29 is 9.53 Å². The highest BCUT2D eigenvalue weighted by Gasteiger charge is 2.20. The minimum atomic E-state index is -0.335. The van der Waals surface area contributed by atoms with E-state index in [0.29, 0.717) is 17.2 Å². The minimum absolute atomic E-state index is 0.335. The fourth-order valence-electron chi connectivity index (χ4n) is 1.58. The third kappa shape index (κ3) is 11.5. The van der Waals surface area contributed by atoms with Crippen LogP contribution in [0.2, 0.25) is 5.02 Å². The average molecular weight is 331 g/mol. The topological polar surface area (TPSA) is 104 Å². The number of benzene rings is 1. The molecular formula is C16H29ClN3O2. The van der Waals surface area contributed by atoms with E-state index in [9.17, 15) is 4.79 Å². The summed E-state index contributed by atoms with van der Waals surface area (Å²) < 4.78 is 5.13. The van der Waals surface area contributed by atoms with Gasteiger partial charge in [-0.3, -0.25) is 0 Å². The molecular weight excluding hydrogens is 302 g/mol. The molecule has 127 valence electrons. The van der Waals surface area contributed by atoms with Gasteiger partial charge in [0.2, 0.25) is 0 Å². The summed E-state index contributed by atoms with van der Waals surface area (Å²) in [5.41, 5.74) is 13.9. The zero-order chi connectivity index (χ0) is 17.4. The highest BCUT2D eigenvalue weighted by atomic mass is 35.5. The lowest BCUT2D eigenvalue weighted by Gasteiger charge is -2.04. The molecule has 0 atom stereocenters. The molecule has 0 amide bonds. The van der Waals surface area contributed by atoms with E-state index in [0.717, 1.165) is 12.3 Å². The Balaban J connectivity index is 0. The van der Waals surface area contributed by atoms with Gasteiger partial charge in [-0.15, -0.1) is 0 Å². The number of carbonyl (C=O) groups is 1. The standard InChI is InChI=1S/C13H14ClO2.3CH5N/c14-12-5-1-4-11(9-12)13(15)16-8-2-3-10-6-7-10;3*1-2/h1,5,9-10H,2-3,6-8H2;3*2H2,1H3. The largest absolute Gasteiger partial charge is 0.462 e. The first-order chi connectivity index (χ1) is 10.8. The van der Waals surface area contributed by atoms with Crippen LogP contribution in [0, 0.1) is 12.0 Å². The van der Waals surface area contributed by atoms with Crippen molar-refractivity contribution in [2.75, 3.05) is 27.7 Å². The van der Waals surface area contributed by atoms with E-state index in [4.69, 9.17) is 16.3 Å². The summed E-state index contributed by atoms with van der Waals surface area (Å²) in [6.07, 6.45) is 4.82. The molecule has 22 heavy (non-hydrogen) atoms. The van der Waals surface area contributed by atoms with Gasteiger partial charge in [-0.2, -0.15) is 0 Å². The number of carbonyl (C=O) groups excluding carboxylic acids is 1. The van der Waals surface area contributed by atoms with Crippen LogP contribution in [0.15, 0.2) is 18.2 Å². The molecule has 1 aromatic rings. The second-order valence-corrected chi connectivity index (χ2v) is 4.58. The van der Waals surface area contributed by atoms with Crippen molar-refractivity contribution >= 4 is 17.6 Å². The van der Waals surface area contributed by atoms with Crippen LogP contribution in [0.4, 0.5) is 0 Å². The Morgan fingerprint density at radius 2 is 1.86 bits per heavy atom. The van der Waals surface area contributed by atoms with E-state index in [-0.39, 0.29) is 5.97 Å². The molecule has 1 aliphatic rings. The van der Waals surface area contributed by atoms with Gasteiger partial charge in [-0.05, 0) is 58.1 Å². The monoisotopic (exact) mass is 330 g/mol. The molecule has 1 saturated carbocycles. The predicted octanol–water partition coefficient (Wildman–Crippen LogP) is 2.21. The second-order valence-electron chi connectivity index (χ2n) is 4.14. The van der Waals surface area contributed by atoms with Gasteiger partial charge in [-0.25, -0.2) is 4.79 Å². The summed E-state index contributed by atoms with van der Waals surface area (Å²) in [5.74, 6) is 0.551. The Morgan fingerprint density at radius 3 is 2.36 bits per heavy atom. The van der Waals surface area contributed by atoms with Crippen molar-refractivity contribution in [1.29, 1.82) is 0 Å². The van der Waals surface area contributed by atoms with Crippen LogP contribution >= 0.6 is 11.6 Å². The third-order valence-corrected chi connectivity index (χ3v) is 2.91. The summed E-state index contributed by atoms with van der Waals surface area (Å²) in [6.45, 7) is 0.496. The number of ether oxygens (including phenoxy) is 1. The molecule has 1 aromatic carbocycles. The smallest absolute Gasteiger partial charge is 0.338 e. The molecule has 0 aliphatic heterocycles. The predicted molar refractivity (Wildman–Crippen MR) is 92.9 cm³/mol. The molecule has 0 saturated heterocycles. The van der Waals surface area contributed by atoms with Crippen LogP contribution in [0.5, 0.6) is 0 Å². The molecule has 1 aliphatic carbocycles. The van der Waals surface area contributed by atoms with Gasteiger partial charge < -0.3 is 21.9 Å². The summed E-state index contributed by atoms with van der Waals surface area (Å²) in [4.78, 5) is 11.5. The first-order valence-corrected chi connectivity index (χ1v) is 7.71. The highest BCUT2D eigenvalue weighted by molar-refractivity contribution is 6.30. The van der Waals surface area contributed by atoms with Crippen LogP contribution in [-0.4, -0.2) is 33.7 Å². The van der Waals surface area contributed by atoms with Gasteiger partial charge in [0.1, 0.15) is 0 Å². The molecule has 5 nitrogen and oxygen atoms in total. The van der Waals surface area contributed by atoms with E-state index in [1.165, 1.54) is 40.4 Å². The summed E-state index contributed by atoms with van der Waals surface area (Å²) in [5, 5.41) is 0.531. The van der Waals surface area contributed by atoms with E-state index >= 15 is 0 Å². The van der Waals surface area contributed by atoms with Crippen LogP contribution in [0.1, 0.15) is 36.0 Å². The van der Waals surface area contributed by atoms with Crippen LogP contribution in [0.25, 0.3) is 0 Å². The molecule has 1 radical (unpaired) electrons. The van der Waals surface area contributed by atoms with Gasteiger partial charge >= 0.3 is 5.97 Å². The van der Waals surface area contributed by atoms with E-state index in [1.807, 2.05) is 0 Å². The summed E-state index contributed by atoms with van der Waals surface area (Å²) in [7, 11) is 4.50. The van der Waals surface area contributed by atoms with Crippen molar-refractivity contribution in [1.82, 2.24) is 0 Å². The number of halogens is 1. The molecule has 0 heterocycles. The SMILES string of the molecule is CN.CN.CN.O=C(OCCCC1CC1)c1[c]ccc(Cl)c1. The Kier molecular flexibility index (Phi) is 17.1. The van der Waals surface area contributed by atoms with Crippen LogP contribution < -0.4 is 17.2 Å². The lowest BCUT2D eigenvalue weighted by atomic mass is 10.2. The van der Waals surface area contributed by atoms with Crippen molar-refractivity contribution in [3.8, 4) is 0 Å². The molecule has 2 rings (SSSR count). The Labute approximate surface area is 139 Å².